The number of nitrogens with two attached hydrogens (primary N) is 1. The Morgan fingerprint density at radius 1 is 1.27 bits per heavy atom. The van der Waals surface area contributed by atoms with E-state index in [1.165, 1.54) is 0 Å². The van der Waals surface area contributed by atoms with Crippen molar-refractivity contribution in [1.82, 2.24) is 15.6 Å². The molecule has 0 bridgehead atoms. The Morgan fingerprint density at radius 3 is 2.77 bits per heavy atom. The van der Waals surface area contributed by atoms with E-state index in [1.807, 2.05) is 25.2 Å². The van der Waals surface area contributed by atoms with Crippen molar-refractivity contribution in [2.75, 3.05) is 31.2 Å². The second-order valence-corrected chi connectivity index (χ2v) is 6.33. The van der Waals surface area contributed by atoms with E-state index in [0.29, 0.717) is 23.7 Å². The molecule has 1 aromatic carbocycles. The number of ether oxygens (including phenoxy) is 1. The number of rotatable bonds is 6. The molecule has 7 nitrogen and oxygen atoms in total. The third-order valence-corrected chi connectivity index (χ3v) is 4.47. The first-order chi connectivity index (χ1) is 12.7. The summed E-state index contributed by atoms with van der Waals surface area (Å²) in [5, 5.41) is 9.25. The first-order valence-electron chi connectivity index (χ1n) is 8.84. The molecule has 5 N–H and O–H groups in total. The zero-order valence-corrected chi connectivity index (χ0v) is 14.9. The summed E-state index contributed by atoms with van der Waals surface area (Å²) >= 11 is 0. The fourth-order valence-corrected chi connectivity index (χ4v) is 2.99. The SMILES string of the molecule is CNc1ccc(Oc2ccnc(CNC(=O)C3CCNCC3)c2)cc1N. The van der Waals surface area contributed by atoms with Crippen molar-refractivity contribution in [3.05, 3.63) is 42.2 Å². The van der Waals surface area contributed by atoms with Crippen LogP contribution in [0.25, 0.3) is 0 Å². The third kappa shape index (κ3) is 4.64. The first-order valence-corrected chi connectivity index (χ1v) is 8.84. The lowest BCUT2D eigenvalue weighted by Gasteiger charge is -2.21. The summed E-state index contributed by atoms with van der Waals surface area (Å²) < 4.78 is 5.85. The van der Waals surface area contributed by atoms with E-state index in [1.54, 1.807) is 18.3 Å². The smallest absolute Gasteiger partial charge is 0.223 e. The maximum atomic E-state index is 12.2. The van der Waals surface area contributed by atoms with Gasteiger partial charge in [0.2, 0.25) is 5.91 Å². The number of amides is 1. The topological polar surface area (TPSA) is 101 Å². The molecule has 0 unspecified atom stereocenters. The second kappa shape index (κ2) is 8.53. The van der Waals surface area contributed by atoms with Crippen LogP contribution in [0.4, 0.5) is 11.4 Å². The van der Waals surface area contributed by atoms with Crippen LogP contribution in [-0.2, 0) is 11.3 Å². The summed E-state index contributed by atoms with van der Waals surface area (Å²) in [5.74, 6) is 1.49. The molecule has 138 valence electrons. The molecule has 1 saturated heterocycles. The number of nitrogens with zero attached hydrogens (tertiary/aromatic N) is 1. The molecule has 0 spiro atoms. The number of nitrogens with one attached hydrogen (secondary N) is 3. The van der Waals surface area contributed by atoms with Gasteiger partial charge >= 0.3 is 0 Å². The normalized spacial score (nSPS) is 14.7. The number of piperidine rings is 1. The lowest BCUT2D eigenvalue weighted by Crippen LogP contribution is -2.37. The standard InChI is InChI=1S/C19H25N5O2/c1-21-18-3-2-15(11-17(18)20)26-16-6-9-23-14(10-16)12-24-19(25)13-4-7-22-8-5-13/h2-3,6,9-11,13,21-22H,4-5,7-8,12,20H2,1H3,(H,24,25). The zero-order valence-electron chi connectivity index (χ0n) is 14.9. The molecule has 2 heterocycles. The summed E-state index contributed by atoms with van der Waals surface area (Å²) in [7, 11) is 1.82. The maximum absolute atomic E-state index is 12.2. The predicted molar refractivity (Wildman–Crippen MR) is 102 cm³/mol. The highest BCUT2D eigenvalue weighted by Gasteiger charge is 2.20. The van der Waals surface area contributed by atoms with Crippen LogP contribution in [0.5, 0.6) is 11.5 Å². The monoisotopic (exact) mass is 355 g/mol. The number of pyridine rings is 1. The van der Waals surface area contributed by atoms with Crippen LogP contribution in [0.3, 0.4) is 0 Å². The average molecular weight is 355 g/mol. The Morgan fingerprint density at radius 2 is 2.04 bits per heavy atom. The molecule has 1 aliphatic heterocycles. The summed E-state index contributed by atoms with van der Waals surface area (Å²) in [6.07, 6.45) is 3.44. The van der Waals surface area contributed by atoms with Gasteiger partial charge in [-0.15, -0.1) is 0 Å². The maximum Gasteiger partial charge on any atom is 0.223 e. The molecule has 26 heavy (non-hydrogen) atoms. The van der Waals surface area contributed by atoms with Gasteiger partial charge in [-0.25, -0.2) is 0 Å². The van der Waals surface area contributed by atoms with Gasteiger partial charge in [-0.1, -0.05) is 0 Å². The Labute approximate surface area is 153 Å². The van der Waals surface area contributed by atoms with E-state index in [9.17, 15) is 4.79 Å². The van der Waals surface area contributed by atoms with Gasteiger partial charge in [0.25, 0.3) is 0 Å². The number of carbonyl (C=O) groups is 1. The van der Waals surface area contributed by atoms with E-state index in [4.69, 9.17) is 10.5 Å². The van der Waals surface area contributed by atoms with Crippen LogP contribution in [0.1, 0.15) is 18.5 Å². The average Bonchev–Trinajstić information content (AvgIpc) is 2.67. The Hall–Kier alpha value is -2.80. The molecule has 0 radical (unpaired) electrons. The Bertz CT molecular complexity index is 759. The number of carbonyl (C=O) groups excluding carboxylic acids is 1. The number of anilines is 2. The fraction of sp³-hybridized carbons (Fsp3) is 0.368. The van der Waals surface area contributed by atoms with E-state index >= 15 is 0 Å². The molecule has 0 aliphatic carbocycles. The summed E-state index contributed by atoms with van der Waals surface area (Å²) in [6.45, 7) is 2.19. The molecular weight excluding hydrogens is 330 g/mol. The van der Waals surface area contributed by atoms with Crippen molar-refractivity contribution >= 4 is 17.3 Å². The van der Waals surface area contributed by atoms with Crippen molar-refractivity contribution in [1.29, 1.82) is 0 Å². The van der Waals surface area contributed by atoms with E-state index < -0.39 is 0 Å². The van der Waals surface area contributed by atoms with Gasteiger partial charge in [0.05, 0.1) is 23.6 Å². The minimum Gasteiger partial charge on any atom is -0.457 e. The third-order valence-electron chi connectivity index (χ3n) is 4.47. The molecule has 0 atom stereocenters. The van der Waals surface area contributed by atoms with Crippen LogP contribution in [0, 0.1) is 5.92 Å². The highest BCUT2D eigenvalue weighted by molar-refractivity contribution is 5.78. The molecule has 1 amide bonds. The zero-order chi connectivity index (χ0) is 18.4. The van der Waals surface area contributed by atoms with Crippen LogP contribution >= 0.6 is 0 Å². The van der Waals surface area contributed by atoms with Gasteiger partial charge < -0.3 is 26.4 Å². The molecule has 1 fully saturated rings. The minimum atomic E-state index is 0.0874. The predicted octanol–water partition coefficient (Wildman–Crippen LogP) is 2.11. The lowest BCUT2D eigenvalue weighted by atomic mass is 9.97. The molecule has 0 saturated carbocycles. The Balaban J connectivity index is 1.59. The Kier molecular flexibility index (Phi) is 5.91. The van der Waals surface area contributed by atoms with Crippen LogP contribution in [-0.4, -0.2) is 31.0 Å². The first kappa shape index (κ1) is 18.0. The summed E-state index contributed by atoms with van der Waals surface area (Å²) in [4.78, 5) is 16.5. The fourth-order valence-electron chi connectivity index (χ4n) is 2.99. The largest absolute Gasteiger partial charge is 0.457 e. The van der Waals surface area contributed by atoms with E-state index in [0.717, 1.165) is 37.3 Å². The van der Waals surface area contributed by atoms with Crippen LogP contribution in [0.2, 0.25) is 0 Å². The quantitative estimate of drug-likeness (QED) is 0.592. The second-order valence-electron chi connectivity index (χ2n) is 6.33. The van der Waals surface area contributed by atoms with Gasteiger partial charge in [-0.3, -0.25) is 9.78 Å². The molecular formula is C19H25N5O2. The van der Waals surface area contributed by atoms with Crippen molar-refractivity contribution in [2.24, 2.45) is 5.92 Å². The van der Waals surface area contributed by atoms with Gasteiger partial charge in [0, 0.05) is 31.3 Å². The summed E-state index contributed by atoms with van der Waals surface area (Å²) in [6, 6.07) is 9.09. The number of aromatic nitrogens is 1. The van der Waals surface area contributed by atoms with Crippen LogP contribution in [0.15, 0.2) is 36.5 Å². The van der Waals surface area contributed by atoms with E-state index in [-0.39, 0.29) is 11.8 Å². The minimum absolute atomic E-state index is 0.0874. The van der Waals surface area contributed by atoms with Crippen molar-refractivity contribution in [2.45, 2.75) is 19.4 Å². The van der Waals surface area contributed by atoms with Crippen molar-refractivity contribution < 1.29 is 9.53 Å². The van der Waals surface area contributed by atoms with Gasteiger partial charge in [-0.05, 0) is 44.1 Å². The molecule has 7 heteroatoms. The number of hydrogen-bond donors (Lipinski definition) is 4. The van der Waals surface area contributed by atoms with Crippen molar-refractivity contribution in [3.8, 4) is 11.5 Å². The van der Waals surface area contributed by atoms with Gasteiger partial charge in [0.1, 0.15) is 11.5 Å². The highest BCUT2D eigenvalue weighted by atomic mass is 16.5. The van der Waals surface area contributed by atoms with Gasteiger partial charge in [0.15, 0.2) is 0 Å². The molecule has 3 rings (SSSR count). The van der Waals surface area contributed by atoms with Crippen molar-refractivity contribution in [3.63, 3.8) is 0 Å². The lowest BCUT2D eigenvalue weighted by molar-refractivity contribution is -0.125. The highest BCUT2D eigenvalue weighted by Crippen LogP contribution is 2.27. The van der Waals surface area contributed by atoms with Gasteiger partial charge in [-0.2, -0.15) is 0 Å². The van der Waals surface area contributed by atoms with Crippen LogP contribution < -0.4 is 26.4 Å². The number of benzene rings is 1. The summed E-state index contributed by atoms with van der Waals surface area (Å²) in [5.41, 5.74) is 8.19. The molecule has 2 aromatic rings. The van der Waals surface area contributed by atoms with E-state index in [2.05, 4.69) is 20.9 Å². The molecule has 1 aromatic heterocycles. The molecule has 1 aliphatic rings. The number of nitrogen functional groups attached to an aromatic ring is 1. The number of hydrogen-bond acceptors (Lipinski definition) is 6.